The normalized spacial score (nSPS) is 11.5. The number of anilines is 1. The van der Waals surface area contributed by atoms with E-state index in [0.717, 1.165) is 11.5 Å². The van der Waals surface area contributed by atoms with Gasteiger partial charge in [0.25, 0.3) is 0 Å². The third-order valence-electron chi connectivity index (χ3n) is 2.52. The fourth-order valence-corrected chi connectivity index (χ4v) is 1.78. The molecule has 1 aromatic heterocycles. The molecule has 1 aromatic carbocycles. The molecule has 0 saturated carbocycles. The highest BCUT2D eigenvalue weighted by Gasteiger charge is 2.12. The average Bonchev–Trinajstić information content (AvgIpc) is 2.64. The van der Waals surface area contributed by atoms with Gasteiger partial charge in [0.15, 0.2) is 0 Å². The lowest BCUT2D eigenvalue weighted by molar-refractivity contribution is 0.630. The third kappa shape index (κ3) is 2.87. The first kappa shape index (κ1) is 11.7. The van der Waals surface area contributed by atoms with Crippen LogP contribution in [0.5, 0.6) is 0 Å². The number of nitrogens with one attached hydrogen (secondary N) is 2. The molecule has 0 aliphatic heterocycles. The Bertz CT molecular complexity index is 506. The van der Waals surface area contributed by atoms with E-state index >= 15 is 0 Å². The van der Waals surface area contributed by atoms with E-state index in [4.69, 9.17) is 0 Å². The highest BCUT2D eigenvalue weighted by molar-refractivity contribution is 5.66. The summed E-state index contributed by atoms with van der Waals surface area (Å²) in [4.78, 5) is 0. The van der Waals surface area contributed by atoms with Crippen molar-refractivity contribution in [1.82, 2.24) is 10.2 Å². The molecule has 0 bridgehead atoms. The van der Waals surface area contributed by atoms with Gasteiger partial charge < -0.3 is 5.32 Å². The van der Waals surface area contributed by atoms with Crippen LogP contribution in [0.3, 0.4) is 0 Å². The van der Waals surface area contributed by atoms with Crippen LogP contribution in [0.4, 0.5) is 5.82 Å². The Morgan fingerprint density at radius 1 is 1.18 bits per heavy atom. The number of H-pyrrole nitrogens is 1. The molecule has 0 atom stereocenters. The summed E-state index contributed by atoms with van der Waals surface area (Å²) in [6.45, 7) is 8.46. The van der Waals surface area contributed by atoms with Crippen molar-refractivity contribution in [3.63, 3.8) is 0 Å². The van der Waals surface area contributed by atoms with Crippen LogP contribution in [0.15, 0.2) is 30.3 Å². The molecule has 90 valence electrons. The van der Waals surface area contributed by atoms with Crippen LogP contribution in [-0.4, -0.2) is 15.7 Å². The van der Waals surface area contributed by atoms with E-state index in [0.29, 0.717) is 0 Å². The topological polar surface area (TPSA) is 40.7 Å². The fraction of sp³-hybridized carbons (Fsp3) is 0.357. The predicted octanol–water partition coefficient (Wildman–Crippen LogP) is 3.60. The van der Waals surface area contributed by atoms with E-state index in [2.05, 4.69) is 55.3 Å². The number of hydrogen-bond donors (Lipinski definition) is 2. The molecular weight excluding hydrogens is 210 g/mol. The zero-order valence-corrected chi connectivity index (χ0v) is 10.8. The van der Waals surface area contributed by atoms with Crippen LogP contribution < -0.4 is 5.32 Å². The van der Waals surface area contributed by atoms with Crippen LogP contribution >= 0.6 is 0 Å². The molecule has 0 radical (unpaired) electrons. The SMILES string of the molecule is Cc1ccccc1-c1cc(NC(C)(C)C)n[nH]1. The van der Waals surface area contributed by atoms with E-state index in [-0.39, 0.29) is 5.54 Å². The minimum atomic E-state index is 0.0260. The van der Waals surface area contributed by atoms with Crippen LogP contribution in [-0.2, 0) is 0 Å². The second-order valence-corrected chi connectivity index (χ2v) is 5.36. The lowest BCUT2D eigenvalue weighted by Crippen LogP contribution is -2.26. The van der Waals surface area contributed by atoms with E-state index in [1.807, 2.05) is 18.2 Å². The van der Waals surface area contributed by atoms with Gasteiger partial charge in [-0.05, 0) is 33.3 Å². The van der Waals surface area contributed by atoms with Gasteiger partial charge in [0.05, 0.1) is 5.69 Å². The Labute approximate surface area is 102 Å². The van der Waals surface area contributed by atoms with Crippen LogP contribution in [0.2, 0.25) is 0 Å². The lowest BCUT2D eigenvalue weighted by atomic mass is 10.1. The summed E-state index contributed by atoms with van der Waals surface area (Å²) in [6, 6.07) is 10.3. The molecule has 3 nitrogen and oxygen atoms in total. The first-order valence-corrected chi connectivity index (χ1v) is 5.85. The molecule has 3 heteroatoms. The van der Waals surface area contributed by atoms with Crippen molar-refractivity contribution in [2.75, 3.05) is 5.32 Å². The molecule has 17 heavy (non-hydrogen) atoms. The predicted molar refractivity (Wildman–Crippen MR) is 72.1 cm³/mol. The van der Waals surface area contributed by atoms with E-state index in [1.54, 1.807) is 0 Å². The Morgan fingerprint density at radius 3 is 2.53 bits per heavy atom. The summed E-state index contributed by atoms with van der Waals surface area (Å²) in [5, 5.41) is 10.7. The maximum Gasteiger partial charge on any atom is 0.148 e. The molecule has 1 heterocycles. The van der Waals surface area contributed by atoms with Crippen molar-refractivity contribution in [2.45, 2.75) is 33.2 Å². The molecule has 0 fully saturated rings. The van der Waals surface area contributed by atoms with Gasteiger partial charge in [-0.15, -0.1) is 0 Å². The Hall–Kier alpha value is -1.77. The van der Waals surface area contributed by atoms with E-state index < -0.39 is 0 Å². The number of aryl methyl sites for hydroxylation is 1. The molecule has 0 saturated heterocycles. The maximum atomic E-state index is 4.28. The van der Waals surface area contributed by atoms with Crippen molar-refractivity contribution >= 4 is 5.82 Å². The zero-order valence-electron chi connectivity index (χ0n) is 10.8. The van der Waals surface area contributed by atoms with Gasteiger partial charge in [-0.3, -0.25) is 5.10 Å². The minimum absolute atomic E-state index is 0.0260. The Balaban J connectivity index is 2.28. The largest absolute Gasteiger partial charge is 0.364 e. The van der Waals surface area contributed by atoms with Crippen molar-refractivity contribution in [1.29, 1.82) is 0 Å². The summed E-state index contributed by atoms with van der Waals surface area (Å²) < 4.78 is 0. The zero-order chi connectivity index (χ0) is 12.5. The molecule has 0 aliphatic rings. The molecule has 2 N–H and O–H groups in total. The number of aromatic amines is 1. The third-order valence-corrected chi connectivity index (χ3v) is 2.52. The molecule has 2 aromatic rings. The maximum absolute atomic E-state index is 4.28. The highest BCUT2D eigenvalue weighted by Crippen LogP contribution is 2.24. The van der Waals surface area contributed by atoms with Gasteiger partial charge >= 0.3 is 0 Å². The van der Waals surface area contributed by atoms with Gasteiger partial charge in [0.2, 0.25) is 0 Å². The van der Waals surface area contributed by atoms with Crippen molar-refractivity contribution in [2.24, 2.45) is 0 Å². The van der Waals surface area contributed by atoms with Crippen LogP contribution in [0, 0.1) is 6.92 Å². The van der Waals surface area contributed by atoms with Gasteiger partial charge in [-0.25, -0.2) is 0 Å². The quantitative estimate of drug-likeness (QED) is 0.826. The summed E-state index contributed by atoms with van der Waals surface area (Å²) in [5.41, 5.74) is 3.52. The van der Waals surface area contributed by atoms with Crippen LogP contribution in [0.25, 0.3) is 11.3 Å². The Morgan fingerprint density at radius 2 is 1.88 bits per heavy atom. The number of rotatable bonds is 2. The average molecular weight is 229 g/mol. The first-order valence-electron chi connectivity index (χ1n) is 5.85. The minimum Gasteiger partial charge on any atom is -0.364 e. The second-order valence-electron chi connectivity index (χ2n) is 5.36. The lowest BCUT2D eigenvalue weighted by Gasteiger charge is -2.19. The number of benzene rings is 1. The molecule has 0 spiro atoms. The van der Waals surface area contributed by atoms with Gasteiger partial charge in [0.1, 0.15) is 5.82 Å². The summed E-state index contributed by atoms with van der Waals surface area (Å²) >= 11 is 0. The molecular formula is C14H19N3. The fourth-order valence-electron chi connectivity index (χ4n) is 1.78. The summed E-state index contributed by atoms with van der Waals surface area (Å²) in [5.74, 6) is 0.885. The van der Waals surface area contributed by atoms with Gasteiger partial charge in [-0.1, -0.05) is 24.3 Å². The standard InChI is InChI=1S/C14H19N3/c1-10-7-5-6-8-11(10)12-9-13(17-16-12)15-14(2,3)4/h5-9H,1-4H3,(H2,15,16,17). The monoisotopic (exact) mass is 229 g/mol. The molecule has 0 aliphatic carbocycles. The highest BCUT2D eigenvalue weighted by atomic mass is 15.2. The van der Waals surface area contributed by atoms with Crippen molar-refractivity contribution < 1.29 is 0 Å². The molecule has 0 amide bonds. The Kier molecular flexibility index (Phi) is 2.92. The van der Waals surface area contributed by atoms with E-state index in [9.17, 15) is 0 Å². The number of hydrogen-bond acceptors (Lipinski definition) is 2. The van der Waals surface area contributed by atoms with Crippen molar-refractivity contribution in [3.8, 4) is 11.3 Å². The van der Waals surface area contributed by atoms with Crippen molar-refractivity contribution in [3.05, 3.63) is 35.9 Å². The van der Waals surface area contributed by atoms with Gasteiger partial charge in [0, 0.05) is 17.2 Å². The first-order chi connectivity index (χ1) is 7.96. The second kappa shape index (κ2) is 4.24. The summed E-state index contributed by atoms with van der Waals surface area (Å²) in [7, 11) is 0. The van der Waals surface area contributed by atoms with Gasteiger partial charge in [-0.2, -0.15) is 5.10 Å². The number of nitrogens with zero attached hydrogens (tertiary/aromatic N) is 1. The number of aromatic nitrogens is 2. The van der Waals surface area contributed by atoms with E-state index in [1.165, 1.54) is 11.1 Å². The summed E-state index contributed by atoms with van der Waals surface area (Å²) in [6.07, 6.45) is 0. The molecule has 0 unspecified atom stereocenters. The smallest absolute Gasteiger partial charge is 0.148 e. The van der Waals surface area contributed by atoms with Crippen LogP contribution in [0.1, 0.15) is 26.3 Å². The molecule has 2 rings (SSSR count).